The maximum atomic E-state index is 13.1. The van der Waals surface area contributed by atoms with Crippen LogP contribution in [0.15, 0.2) is 75.8 Å². The highest BCUT2D eigenvalue weighted by molar-refractivity contribution is 7.86. The van der Waals surface area contributed by atoms with Gasteiger partial charge >= 0.3 is 0 Å². The van der Waals surface area contributed by atoms with Crippen LogP contribution in [0.2, 0.25) is 10.0 Å². The van der Waals surface area contributed by atoms with Crippen LogP contribution in [0.1, 0.15) is 15.9 Å². The first-order valence-electron chi connectivity index (χ1n) is 10.6. The molecule has 4 aromatic carbocycles. The van der Waals surface area contributed by atoms with Gasteiger partial charge < -0.3 is 15.2 Å². The largest absolute Gasteiger partial charge is 0.505 e. The third-order valence-electron chi connectivity index (χ3n) is 5.42. The Labute approximate surface area is 222 Å². The lowest BCUT2D eigenvalue weighted by atomic mass is 10.0. The topological polar surface area (TPSA) is 138 Å². The summed E-state index contributed by atoms with van der Waals surface area (Å²) in [4.78, 5) is 12.6. The molecule has 0 radical (unpaired) electrons. The van der Waals surface area contributed by atoms with E-state index in [0.29, 0.717) is 22.1 Å². The number of hydrogen-bond acceptors (Lipinski definition) is 7. The summed E-state index contributed by atoms with van der Waals surface area (Å²) in [7, 11) is -3.17. The predicted octanol–water partition coefficient (Wildman–Crippen LogP) is 7.08. The van der Waals surface area contributed by atoms with Crippen molar-refractivity contribution in [2.45, 2.75) is 11.8 Å². The van der Waals surface area contributed by atoms with E-state index in [0.717, 1.165) is 6.07 Å². The minimum atomic E-state index is -4.62. The van der Waals surface area contributed by atoms with E-state index < -0.39 is 26.7 Å². The third-order valence-corrected chi connectivity index (χ3v) is 7.30. The van der Waals surface area contributed by atoms with Gasteiger partial charge in [0.05, 0.1) is 29.1 Å². The van der Waals surface area contributed by atoms with E-state index in [-0.39, 0.29) is 32.7 Å². The van der Waals surface area contributed by atoms with Gasteiger partial charge in [0, 0.05) is 5.39 Å². The fourth-order valence-corrected chi connectivity index (χ4v) is 4.93. The average Bonchev–Trinajstić information content (AvgIpc) is 2.85. The van der Waals surface area contributed by atoms with Crippen molar-refractivity contribution in [3.63, 3.8) is 0 Å². The van der Waals surface area contributed by atoms with Crippen LogP contribution in [0.25, 0.3) is 10.8 Å². The van der Waals surface area contributed by atoms with E-state index >= 15 is 0 Å². The number of phenolic OH excluding ortho intramolecular Hbond substituents is 1. The Bertz CT molecular complexity index is 1690. The van der Waals surface area contributed by atoms with E-state index in [1.165, 1.54) is 26.2 Å². The molecule has 0 fully saturated rings. The summed E-state index contributed by atoms with van der Waals surface area (Å²) in [5, 5.41) is 23.0. The summed E-state index contributed by atoms with van der Waals surface area (Å²) in [5.41, 5.74) is 0.536. The van der Waals surface area contributed by atoms with Crippen LogP contribution in [0.4, 0.5) is 17.1 Å². The molecule has 9 nitrogen and oxygen atoms in total. The molecule has 3 N–H and O–H groups in total. The summed E-state index contributed by atoms with van der Waals surface area (Å²) in [6.45, 7) is 1.54. The van der Waals surface area contributed by atoms with Crippen molar-refractivity contribution in [3.05, 3.63) is 81.8 Å². The van der Waals surface area contributed by atoms with Crippen molar-refractivity contribution in [1.82, 2.24) is 0 Å². The maximum Gasteiger partial charge on any atom is 0.296 e. The molecule has 0 heterocycles. The third kappa shape index (κ3) is 5.37. The zero-order chi connectivity index (χ0) is 26.9. The van der Waals surface area contributed by atoms with Crippen molar-refractivity contribution in [3.8, 4) is 11.5 Å². The number of azo groups is 1. The molecule has 0 bridgehead atoms. The van der Waals surface area contributed by atoms with Gasteiger partial charge in [-0.3, -0.25) is 9.35 Å². The van der Waals surface area contributed by atoms with E-state index in [1.807, 2.05) is 0 Å². The number of aromatic hydroxyl groups is 1. The van der Waals surface area contributed by atoms with Gasteiger partial charge in [-0.1, -0.05) is 53.5 Å². The first-order valence-corrected chi connectivity index (χ1v) is 12.8. The number of benzene rings is 4. The standard InChI is InChI=1S/C25H19Cl2N3O6S/c1-13-10-15(12-20(21(13)26)37(33,34)35)29-30-23-16-7-4-3-6-14(16)11-17(24(23)31)25(32)28-18-8-5-9-19(36-2)22(18)27/h3-12,31H,1-2H3,(H,28,32)(H,33,34,35). The number of phenols is 1. The van der Waals surface area contributed by atoms with Crippen molar-refractivity contribution in [1.29, 1.82) is 0 Å². The summed E-state index contributed by atoms with van der Waals surface area (Å²) < 4.78 is 38.0. The SMILES string of the molecule is COc1cccc(NC(=O)c2cc3ccccc3c(N=Nc3cc(C)c(Cl)c(S(=O)(=O)O)c3)c2O)c1Cl. The number of methoxy groups -OCH3 is 1. The Morgan fingerprint density at radius 3 is 2.43 bits per heavy atom. The smallest absolute Gasteiger partial charge is 0.296 e. The van der Waals surface area contributed by atoms with Crippen molar-refractivity contribution in [2.24, 2.45) is 10.2 Å². The highest BCUT2D eigenvalue weighted by Crippen LogP contribution is 2.41. The van der Waals surface area contributed by atoms with Crippen LogP contribution < -0.4 is 10.1 Å². The van der Waals surface area contributed by atoms with Gasteiger partial charge in [-0.2, -0.15) is 13.5 Å². The second-order valence-electron chi connectivity index (χ2n) is 7.87. The fourth-order valence-electron chi connectivity index (χ4n) is 3.62. The van der Waals surface area contributed by atoms with Crippen molar-refractivity contribution < 1.29 is 27.6 Å². The molecule has 0 aliphatic heterocycles. The Morgan fingerprint density at radius 1 is 1.00 bits per heavy atom. The Balaban J connectivity index is 1.81. The summed E-state index contributed by atoms with van der Waals surface area (Å²) in [5.74, 6) is -0.760. The monoisotopic (exact) mass is 559 g/mol. The number of carbonyl (C=O) groups excluding carboxylic acids is 1. The number of anilines is 1. The molecule has 4 rings (SSSR count). The van der Waals surface area contributed by atoms with E-state index in [1.54, 1.807) is 42.5 Å². The molecule has 1 amide bonds. The normalized spacial score (nSPS) is 11.7. The van der Waals surface area contributed by atoms with Crippen LogP contribution in [0.5, 0.6) is 11.5 Å². The highest BCUT2D eigenvalue weighted by Gasteiger charge is 2.21. The van der Waals surface area contributed by atoms with Gasteiger partial charge in [-0.05, 0) is 48.2 Å². The van der Waals surface area contributed by atoms with Crippen LogP contribution in [0, 0.1) is 6.92 Å². The second kappa shape index (κ2) is 10.3. The van der Waals surface area contributed by atoms with Gasteiger partial charge in [0.25, 0.3) is 16.0 Å². The van der Waals surface area contributed by atoms with Gasteiger partial charge in [0.2, 0.25) is 0 Å². The summed E-state index contributed by atoms with van der Waals surface area (Å²) in [6, 6.07) is 15.8. The van der Waals surface area contributed by atoms with E-state index in [2.05, 4.69) is 15.5 Å². The van der Waals surface area contributed by atoms with Crippen LogP contribution >= 0.6 is 23.2 Å². The Kier molecular flexibility index (Phi) is 7.37. The number of nitrogens with one attached hydrogen (secondary N) is 1. The van der Waals surface area contributed by atoms with E-state index in [9.17, 15) is 22.9 Å². The number of ether oxygens (including phenoxy) is 1. The van der Waals surface area contributed by atoms with Gasteiger partial charge in [0.1, 0.15) is 21.4 Å². The fraction of sp³-hybridized carbons (Fsp3) is 0.0800. The zero-order valence-corrected chi connectivity index (χ0v) is 21.7. The molecule has 0 aromatic heterocycles. The molecular weight excluding hydrogens is 541 g/mol. The molecule has 0 unspecified atom stereocenters. The maximum absolute atomic E-state index is 13.1. The molecule has 0 aliphatic carbocycles. The van der Waals surface area contributed by atoms with Crippen molar-refractivity contribution in [2.75, 3.05) is 12.4 Å². The number of nitrogens with zero attached hydrogens (tertiary/aromatic N) is 2. The molecule has 4 aromatic rings. The van der Waals surface area contributed by atoms with Crippen LogP contribution in [-0.2, 0) is 10.1 Å². The summed E-state index contributed by atoms with van der Waals surface area (Å²) >= 11 is 12.3. The number of halogens is 2. The number of amides is 1. The highest BCUT2D eigenvalue weighted by atomic mass is 35.5. The average molecular weight is 560 g/mol. The molecule has 0 saturated heterocycles. The lowest BCUT2D eigenvalue weighted by molar-refractivity contribution is 0.102. The molecular formula is C25H19Cl2N3O6S. The molecule has 0 atom stereocenters. The zero-order valence-electron chi connectivity index (χ0n) is 19.4. The number of fused-ring (bicyclic) bond motifs is 1. The Morgan fingerprint density at radius 2 is 1.73 bits per heavy atom. The predicted molar refractivity (Wildman–Crippen MR) is 142 cm³/mol. The molecule has 0 spiro atoms. The molecule has 0 aliphatic rings. The molecule has 0 saturated carbocycles. The van der Waals surface area contributed by atoms with E-state index in [4.69, 9.17) is 27.9 Å². The number of carbonyl (C=O) groups is 1. The first kappa shape index (κ1) is 26.4. The molecule has 37 heavy (non-hydrogen) atoms. The van der Waals surface area contributed by atoms with Gasteiger partial charge in [-0.15, -0.1) is 5.11 Å². The van der Waals surface area contributed by atoms with Crippen LogP contribution in [-0.4, -0.2) is 31.1 Å². The number of rotatable bonds is 6. The lowest BCUT2D eigenvalue weighted by Crippen LogP contribution is -2.12. The van der Waals surface area contributed by atoms with Crippen molar-refractivity contribution >= 4 is 67.1 Å². The Hall–Kier alpha value is -3.70. The van der Waals surface area contributed by atoms with Crippen LogP contribution in [0.3, 0.4) is 0 Å². The summed E-state index contributed by atoms with van der Waals surface area (Å²) in [6.07, 6.45) is 0. The quantitative estimate of drug-likeness (QED) is 0.170. The number of aryl methyl sites for hydroxylation is 1. The second-order valence-corrected chi connectivity index (χ2v) is 10.0. The lowest BCUT2D eigenvalue weighted by Gasteiger charge is -2.13. The molecule has 190 valence electrons. The van der Waals surface area contributed by atoms with Gasteiger partial charge in [0.15, 0.2) is 5.75 Å². The van der Waals surface area contributed by atoms with Gasteiger partial charge in [-0.25, -0.2) is 0 Å². The number of hydrogen-bond donors (Lipinski definition) is 3. The minimum absolute atomic E-state index is 0.0269. The molecule has 12 heteroatoms. The minimum Gasteiger partial charge on any atom is -0.505 e. The first-order chi connectivity index (χ1) is 17.5.